The number of piperidine rings is 1. The van der Waals surface area contributed by atoms with Gasteiger partial charge in [0, 0.05) is 42.5 Å². The lowest BCUT2D eigenvalue weighted by atomic mass is 9.78. The number of carbonyl (C=O) groups is 4. The van der Waals surface area contributed by atoms with Crippen LogP contribution in [0.25, 0.3) is 5.82 Å². The van der Waals surface area contributed by atoms with Gasteiger partial charge in [-0.05, 0) is 60.0 Å². The quantitative estimate of drug-likeness (QED) is 0.196. The van der Waals surface area contributed by atoms with Gasteiger partial charge < -0.3 is 14.8 Å². The maximum absolute atomic E-state index is 13.2. The van der Waals surface area contributed by atoms with Gasteiger partial charge in [-0.2, -0.15) is 15.3 Å². The summed E-state index contributed by atoms with van der Waals surface area (Å²) in [6.45, 7) is 4.35. The van der Waals surface area contributed by atoms with Crippen LogP contribution in [0.3, 0.4) is 0 Å². The van der Waals surface area contributed by atoms with Crippen LogP contribution in [-0.2, 0) is 15.0 Å². The number of aromatic nitrogens is 5. The fourth-order valence-corrected chi connectivity index (χ4v) is 6.79. The van der Waals surface area contributed by atoms with Crippen molar-refractivity contribution in [3.8, 4) is 23.1 Å². The zero-order valence-corrected chi connectivity index (χ0v) is 28.4. The molecule has 8 rings (SSSR count). The molecule has 1 saturated heterocycles. The lowest BCUT2D eigenvalue weighted by Gasteiger charge is -2.36. The Morgan fingerprint density at radius 3 is 2.17 bits per heavy atom. The summed E-state index contributed by atoms with van der Waals surface area (Å²) in [5, 5.41) is 21.8. The number of amides is 4. The van der Waals surface area contributed by atoms with E-state index in [0.717, 1.165) is 34.6 Å². The molecule has 3 aromatic carbocycles. The maximum Gasteiger partial charge on any atom is 0.262 e. The molecule has 1 unspecified atom stereocenters. The number of imide groups is 2. The monoisotopic (exact) mass is 698 g/mol. The molecule has 5 aromatic rings. The predicted molar refractivity (Wildman–Crippen MR) is 186 cm³/mol. The molecular weight excluding hydrogens is 664 g/mol. The third-order valence-electron chi connectivity index (χ3n) is 9.84. The van der Waals surface area contributed by atoms with Gasteiger partial charge in [0.15, 0.2) is 11.6 Å². The van der Waals surface area contributed by atoms with Crippen molar-refractivity contribution < 1.29 is 28.7 Å². The Kier molecular flexibility index (Phi) is 8.20. The molecule has 262 valence electrons. The van der Waals surface area contributed by atoms with Crippen molar-refractivity contribution in [3.63, 3.8) is 0 Å². The highest BCUT2D eigenvalue weighted by molar-refractivity contribution is 6.23. The number of ether oxygens (including phenoxy) is 2. The van der Waals surface area contributed by atoms with Crippen molar-refractivity contribution in [2.24, 2.45) is 0 Å². The van der Waals surface area contributed by atoms with Crippen LogP contribution in [0.5, 0.6) is 17.2 Å². The molecule has 14 nitrogen and oxygen atoms in total. The first-order valence-electron chi connectivity index (χ1n) is 17.0. The van der Waals surface area contributed by atoms with Crippen LogP contribution in [0.4, 0.5) is 5.69 Å². The van der Waals surface area contributed by atoms with Gasteiger partial charge in [0.1, 0.15) is 23.6 Å². The molecule has 2 aliphatic heterocycles. The molecular formula is C38H34N8O6. The van der Waals surface area contributed by atoms with Gasteiger partial charge >= 0.3 is 0 Å². The molecule has 52 heavy (non-hydrogen) atoms. The van der Waals surface area contributed by atoms with Crippen LogP contribution < -0.4 is 20.1 Å². The lowest BCUT2D eigenvalue weighted by molar-refractivity contribution is -0.136. The standard InChI is InChI=1S/C38H34N8O6/c1-38(2,23-5-10-27(11-6-23)52-29-20-33(44-39-21-29)46-40-15-16-41-46)22-3-8-26(9-4-22)51-28-17-25(18-28)42-24-7-12-30-31(19-24)37(50)45(36(30)49)32-13-14-34(47)43-35(32)48/h3-12,15-16,19-21,25,28,32,42H,13-14,17-18H2,1-2H3,(H,43,47,48)/t25-,28-,32?. The Hall–Kier alpha value is -6.44. The van der Waals surface area contributed by atoms with E-state index in [4.69, 9.17) is 9.47 Å². The van der Waals surface area contributed by atoms with E-state index < -0.39 is 29.7 Å². The summed E-state index contributed by atoms with van der Waals surface area (Å²) < 4.78 is 12.3. The van der Waals surface area contributed by atoms with Gasteiger partial charge in [0.2, 0.25) is 11.8 Å². The summed E-state index contributed by atoms with van der Waals surface area (Å²) in [6, 6.07) is 22.0. The molecule has 2 aromatic heterocycles. The minimum atomic E-state index is -0.989. The molecule has 14 heteroatoms. The molecule has 4 amide bonds. The molecule has 3 aliphatic rings. The Morgan fingerprint density at radius 1 is 0.808 bits per heavy atom. The minimum absolute atomic E-state index is 0.0343. The van der Waals surface area contributed by atoms with Crippen LogP contribution in [-0.4, -0.2) is 71.9 Å². The zero-order valence-electron chi connectivity index (χ0n) is 28.4. The number of benzene rings is 3. The minimum Gasteiger partial charge on any atom is -0.490 e. The Morgan fingerprint density at radius 2 is 1.48 bits per heavy atom. The van der Waals surface area contributed by atoms with Gasteiger partial charge in [0.05, 0.1) is 29.7 Å². The number of rotatable bonds is 10. The Labute approximate surface area is 298 Å². The average molecular weight is 699 g/mol. The van der Waals surface area contributed by atoms with Crippen LogP contribution in [0, 0.1) is 0 Å². The predicted octanol–water partition coefficient (Wildman–Crippen LogP) is 4.60. The van der Waals surface area contributed by atoms with E-state index in [9.17, 15) is 19.2 Å². The SMILES string of the molecule is CC(C)(c1ccc(Oc2cnnc(-n3nccn3)c2)cc1)c1ccc(O[C@H]2C[C@H](Nc3ccc4c(c3)C(=O)N(C3CCC(=O)NC3=O)C4=O)C2)cc1. The highest BCUT2D eigenvalue weighted by Crippen LogP contribution is 2.36. The second kappa shape index (κ2) is 13.0. The van der Waals surface area contributed by atoms with E-state index in [0.29, 0.717) is 23.0 Å². The average Bonchev–Trinajstić information content (AvgIpc) is 3.75. The summed E-state index contributed by atoms with van der Waals surface area (Å²) in [5.74, 6) is 0.364. The first-order chi connectivity index (χ1) is 25.1. The largest absolute Gasteiger partial charge is 0.490 e. The molecule has 2 N–H and O–H groups in total. The van der Waals surface area contributed by atoms with Crippen molar-refractivity contribution >= 4 is 29.3 Å². The molecule has 2 fully saturated rings. The van der Waals surface area contributed by atoms with Crippen molar-refractivity contribution in [2.75, 3.05) is 5.32 Å². The van der Waals surface area contributed by atoms with E-state index in [1.807, 2.05) is 24.3 Å². The number of nitrogens with one attached hydrogen (secondary N) is 2. The summed E-state index contributed by atoms with van der Waals surface area (Å²) in [7, 11) is 0. The smallest absolute Gasteiger partial charge is 0.262 e. The summed E-state index contributed by atoms with van der Waals surface area (Å²) in [5.41, 5.74) is 3.20. The summed E-state index contributed by atoms with van der Waals surface area (Å²) in [4.78, 5) is 52.4. The maximum atomic E-state index is 13.2. The molecule has 0 bridgehead atoms. The first kappa shape index (κ1) is 32.7. The van der Waals surface area contributed by atoms with E-state index in [2.05, 4.69) is 69.1 Å². The summed E-state index contributed by atoms with van der Waals surface area (Å²) >= 11 is 0. The molecule has 0 radical (unpaired) electrons. The van der Waals surface area contributed by atoms with Crippen LogP contribution in [0.1, 0.15) is 71.4 Å². The Bertz CT molecular complexity index is 2180. The number of anilines is 1. The molecule has 1 atom stereocenters. The fraction of sp³-hybridized carbons (Fsp3) is 0.263. The van der Waals surface area contributed by atoms with Gasteiger partial charge in [-0.1, -0.05) is 38.1 Å². The molecule has 4 heterocycles. The molecule has 0 spiro atoms. The van der Waals surface area contributed by atoms with Gasteiger partial charge in [-0.25, -0.2) is 0 Å². The van der Waals surface area contributed by atoms with Gasteiger partial charge in [-0.3, -0.25) is 29.4 Å². The number of fused-ring (bicyclic) bond motifs is 1. The normalized spacial score (nSPS) is 19.9. The molecule has 1 saturated carbocycles. The lowest BCUT2D eigenvalue weighted by Crippen LogP contribution is -2.54. The Balaban J connectivity index is 0.840. The van der Waals surface area contributed by atoms with E-state index in [1.165, 1.54) is 11.0 Å². The van der Waals surface area contributed by atoms with Gasteiger partial charge in [-0.15, -0.1) is 9.90 Å². The third-order valence-corrected chi connectivity index (χ3v) is 9.84. The highest BCUT2D eigenvalue weighted by atomic mass is 16.5. The summed E-state index contributed by atoms with van der Waals surface area (Å²) in [6.07, 6.45) is 6.45. The highest BCUT2D eigenvalue weighted by Gasteiger charge is 2.45. The van der Waals surface area contributed by atoms with Crippen molar-refractivity contribution in [3.05, 3.63) is 114 Å². The second-order valence-corrected chi connectivity index (χ2v) is 13.6. The topological polar surface area (TPSA) is 171 Å². The van der Waals surface area contributed by atoms with Crippen LogP contribution in [0.2, 0.25) is 0 Å². The van der Waals surface area contributed by atoms with Gasteiger partial charge in [0.25, 0.3) is 11.8 Å². The van der Waals surface area contributed by atoms with E-state index in [-0.39, 0.29) is 41.5 Å². The third kappa shape index (κ3) is 6.23. The van der Waals surface area contributed by atoms with E-state index in [1.54, 1.807) is 36.7 Å². The molecule has 1 aliphatic carbocycles. The zero-order chi connectivity index (χ0) is 36.0. The van der Waals surface area contributed by atoms with E-state index >= 15 is 0 Å². The number of hydrogen-bond donors (Lipinski definition) is 2. The van der Waals surface area contributed by atoms with Crippen LogP contribution >= 0.6 is 0 Å². The number of hydrogen-bond acceptors (Lipinski definition) is 11. The van der Waals surface area contributed by atoms with Crippen LogP contribution in [0.15, 0.2) is 91.4 Å². The number of carbonyl (C=O) groups excluding carboxylic acids is 4. The second-order valence-electron chi connectivity index (χ2n) is 13.6. The van der Waals surface area contributed by atoms with Crippen molar-refractivity contribution in [1.82, 2.24) is 35.4 Å². The first-order valence-corrected chi connectivity index (χ1v) is 17.0. The van der Waals surface area contributed by atoms with Crippen molar-refractivity contribution in [2.45, 2.75) is 63.1 Å². The number of nitrogens with zero attached hydrogens (tertiary/aromatic N) is 6. The fourth-order valence-electron chi connectivity index (χ4n) is 6.79. The van der Waals surface area contributed by atoms with Crippen molar-refractivity contribution in [1.29, 1.82) is 0 Å².